The van der Waals surface area contributed by atoms with Crippen LogP contribution in [-0.2, 0) is 0 Å². The van der Waals surface area contributed by atoms with Gasteiger partial charge in [-0.25, -0.2) is 0 Å². The van der Waals surface area contributed by atoms with E-state index in [1.54, 1.807) is 0 Å². The van der Waals surface area contributed by atoms with Crippen LogP contribution in [0, 0.1) is 0 Å². The minimum Gasteiger partial charge on any atom is -0.324 e. The zero-order valence-corrected chi connectivity index (χ0v) is 5.39. The van der Waals surface area contributed by atoms with E-state index in [2.05, 4.69) is 5.43 Å². The molecule has 0 aliphatic rings. The molecule has 9 heavy (non-hydrogen) atoms. The van der Waals surface area contributed by atoms with Crippen molar-refractivity contribution in [2.75, 3.05) is 5.43 Å². The van der Waals surface area contributed by atoms with E-state index in [9.17, 15) is 0 Å². The molecule has 0 saturated heterocycles. The Morgan fingerprint density at radius 2 is 2.22 bits per heavy atom. The van der Waals surface area contributed by atoms with Crippen LogP contribution in [-0.4, -0.2) is 7.85 Å². The Labute approximate surface area is 55.4 Å². The van der Waals surface area contributed by atoms with Crippen LogP contribution in [0.5, 0.6) is 0 Å². The van der Waals surface area contributed by atoms with E-state index in [4.69, 9.17) is 5.84 Å². The van der Waals surface area contributed by atoms with Gasteiger partial charge in [-0.3, -0.25) is 5.84 Å². The van der Waals surface area contributed by atoms with Gasteiger partial charge < -0.3 is 5.43 Å². The second kappa shape index (κ2) is 2.55. The van der Waals surface area contributed by atoms with E-state index in [1.165, 1.54) is 5.46 Å². The van der Waals surface area contributed by atoms with E-state index in [-0.39, 0.29) is 0 Å². The second-order valence-corrected chi connectivity index (χ2v) is 2.01. The third-order valence-electron chi connectivity index (χ3n) is 1.18. The maximum absolute atomic E-state index is 5.17. The van der Waals surface area contributed by atoms with Gasteiger partial charge in [0.2, 0.25) is 0 Å². The lowest BCUT2D eigenvalue weighted by atomic mass is 9.96. The lowest BCUT2D eigenvalue weighted by Gasteiger charge is -1.98. The van der Waals surface area contributed by atoms with Crippen LogP contribution in [0.25, 0.3) is 0 Å². The summed E-state index contributed by atoms with van der Waals surface area (Å²) in [4.78, 5) is 0. The molecule has 2 nitrogen and oxygen atoms in total. The highest BCUT2D eigenvalue weighted by atomic mass is 15.2. The molecule has 0 unspecified atom stereocenters. The second-order valence-electron chi connectivity index (χ2n) is 2.01. The summed E-state index contributed by atoms with van der Waals surface area (Å²) in [5.41, 5.74) is 4.73. The summed E-state index contributed by atoms with van der Waals surface area (Å²) < 4.78 is 0. The van der Waals surface area contributed by atoms with Crippen molar-refractivity contribution in [2.24, 2.45) is 5.84 Å². The van der Waals surface area contributed by atoms with Crippen LogP contribution < -0.4 is 16.7 Å². The zero-order chi connectivity index (χ0) is 6.69. The molecule has 0 saturated carbocycles. The molecule has 0 atom stereocenters. The van der Waals surface area contributed by atoms with Gasteiger partial charge in [0.1, 0.15) is 7.85 Å². The first-order valence-corrected chi connectivity index (χ1v) is 2.86. The highest BCUT2D eigenvalue weighted by molar-refractivity contribution is 6.32. The molecule has 0 spiro atoms. The molecule has 3 heteroatoms. The van der Waals surface area contributed by atoms with Gasteiger partial charge in [-0.15, -0.1) is 0 Å². The van der Waals surface area contributed by atoms with Crippen LogP contribution in [0.1, 0.15) is 0 Å². The normalized spacial score (nSPS) is 9.00. The first-order chi connectivity index (χ1) is 4.33. The number of hydrogen-bond acceptors (Lipinski definition) is 2. The monoisotopic (exact) mass is 120 g/mol. The third kappa shape index (κ3) is 1.47. The van der Waals surface area contributed by atoms with Crippen LogP contribution in [0.4, 0.5) is 5.69 Å². The molecule has 0 aromatic heterocycles. The van der Waals surface area contributed by atoms with Crippen molar-refractivity contribution < 1.29 is 0 Å². The molecule has 0 aliphatic heterocycles. The molecule has 1 rings (SSSR count). The van der Waals surface area contributed by atoms with Crippen LogP contribution in [0.3, 0.4) is 0 Å². The lowest BCUT2D eigenvalue weighted by molar-refractivity contribution is 1.36. The lowest BCUT2D eigenvalue weighted by Crippen LogP contribution is -2.10. The van der Waals surface area contributed by atoms with Gasteiger partial charge in [0.25, 0.3) is 0 Å². The van der Waals surface area contributed by atoms with Gasteiger partial charge >= 0.3 is 0 Å². The number of rotatable bonds is 1. The Balaban J connectivity index is 2.94. The Morgan fingerprint density at radius 1 is 1.44 bits per heavy atom. The van der Waals surface area contributed by atoms with E-state index in [0.29, 0.717) is 0 Å². The quantitative estimate of drug-likeness (QED) is 0.290. The van der Waals surface area contributed by atoms with Gasteiger partial charge in [-0.05, 0) is 12.1 Å². The van der Waals surface area contributed by atoms with E-state index in [1.807, 2.05) is 32.1 Å². The van der Waals surface area contributed by atoms with Gasteiger partial charge in [0, 0.05) is 5.69 Å². The Bertz CT molecular complexity index is 200. The fourth-order valence-corrected chi connectivity index (χ4v) is 0.735. The molecule has 46 valence electrons. The summed E-state index contributed by atoms with van der Waals surface area (Å²) in [6.45, 7) is 0. The standard InChI is InChI=1S/C6H9BN2/c7-5-2-1-3-6(4-5)9-8/h1-4,9H,7-8H2. The summed E-state index contributed by atoms with van der Waals surface area (Å²) in [6.07, 6.45) is 0. The molecule has 0 bridgehead atoms. The van der Waals surface area contributed by atoms with E-state index >= 15 is 0 Å². The first kappa shape index (κ1) is 6.17. The third-order valence-corrected chi connectivity index (χ3v) is 1.18. The Morgan fingerprint density at radius 3 is 2.67 bits per heavy atom. The smallest absolute Gasteiger partial charge is 0.139 e. The molecule has 1 aromatic rings. The van der Waals surface area contributed by atoms with Gasteiger partial charge in [-0.1, -0.05) is 17.6 Å². The van der Waals surface area contributed by atoms with Crippen LogP contribution >= 0.6 is 0 Å². The molecule has 0 amide bonds. The average molecular weight is 120 g/mol. The minimum atomic E-state index is 0.954. The first-order valence-electron chi connectivity index (χ1n) is 2.86. The van der Waals surface area contributed by atoms with E-state index < -0.39 is 0 Å². The Hall–Kier alpha value is -0.955. The summed E-state index contributed by atoms with van der Waals surface area (Å²) in [6, 6.07) is 7.90. The van der Waals surface area contributed by atoms with Crippen molar-refractivity contribution in [3.63, 3.8) is 0 Å². The number of hydrazine groups is 1. The summed E-state index contributed by atoms with van der Waals surface area (Å²) >= 11 is 0. The number of nitrogens with two attached hydrogens (primary N) is 1. The molecule has 0 aliphatic carbocycles. The molecule has 0 fully saturated rings. The van der Waals surface area contributed by atoms with Gasteiger partial charge in [0.15, 0.2) is 0 Å². The highest BCUT2D eigenvalue weighted by Crippen LogP contribution is 1.98. The average Bonchev–Trinajstić information content (AvgIpc) is 1.88. The largest absolute Gasteiger partial charge is 0.324 e. The maximum Gasteiger partial charge on any atom is 0.139 e. The topological polar surface area (TPSA) is 38.0 Å². The van der Waals surface area contributed by atoms with Crippen LogP contribution in [0.2, 0.25) is 0 Å². The number of nitrogens with one attached hydrogen (secondary N) is 1. The zero-order valence-electron chi connectivity index (χ0n) is 5.39. The molecular formula is C6H9BN2. The summed E-state index contributed by atoms with van der Waals surface area (Å²) in [5.74, 6) is 5.17. The maximum atomic E-state index is 5.17. The summed E-state index contributed by atoms with van der Waals surface area (Å²) in [7, 11) is 2.03. The number of hydrogen-bond donors (Lipinski definition) is 2. The van der Waals surface area contributed by atoms with Crippen LogP contribution in [0.15, 0.2) is 24.3 Å². The van der Waals surface area contributed by atoms with Crippen molar-refractivity contribution in [1.82, 2.24) is 0 Å². The SMILES string of the molecule is Bc1cccc(NN)c1. The van der Waals surface area contributed by atoms with Crippen molar-refractivity contribution in [3.05, 3.63) is 24.3 Å². The number of benzene rings is 1. The molecular weight excluding hydrogens is 111 g/mol. The Kier molecular flexibility index (Phi) is 1.75. The fourth-order valence-electron chi connectivity index (χ4n) is 0.735. The molecule has 3 N–H and O–H groups in total. The number of nitrogen functional groups attached to an aromatic ring is 1. The predicted octanol–water partition coefficient (Wildman–Crippen LogP) is -0.769. The number of anilines is 1. The van der Waals surface area contributed by atoms with Crippen molar-refractivity contribution in [2.45, 2.75) is 0 Å². The molecule has 1 aromatic carbocycles. The minimum absolute atomic E-state index is 0.954. The fraction of sp³-hybridized carbons (Fsp3) is 0. The van der Waals surface area contributed by atoms with Gasteiger partial charge in [-0.2, -0.15) is 0 Å². The molecule has 0 radical (unpaired) electrons. The summed E-state index contributed by atoms with van der Waals surface area (Å²) in [5, 5.41) is 0. The van der Waals surface area contributed by atoms with Gasteiger partial charge in [0.05, 0.1) is 0 Å². The predicted molar refractivity (Wildman–Crippen MR) is 42.4 cm³/mol. The van der Waals surface area contributed by atoms with Crippen molar-refractivity contribution in [1.29, 1.82) is 0 Å². The van der Waals surface area contributed by atoms with Crippen molar-refractivity contribution >= 4 is 19.0 Å². The van der Waals surface area contributed by atoms with Crippen molar-refractivity contribution in [3.8, 4) is 0 Å². The molecule has 0 heterocycles. The highest BCUT2D eigenvalue weighted by Gasteiger charge is 1.85. The van der Waals surface area contributed by atoms with E-state index in [0.717, 1.165) is 5.69 Å².